The number of amides is 1. The van der Waals surface area contributed by atoms with Crippen LogP contribution in [0.3, 0.4) is 0 Å². The molecule has 8 nitrogen and oxygen atoms in total. The fraction of sp³-hybridized carbons (Fsp3) is 0.500. The van der Waals surface area contributed by atoms with E-state index < -0.39 is 33.5 Å². The van der Waals surface area contributed by atoms with E-state index in [1.54, 1.807) is 0 Å². The van der Waals surface area contributed by atoms with Crippen molar-refractivity contribution in [3.8, 4) is 5.75 Å². The molecule has 0 atom stereocenters. The quantitative estimate of drug-likeness (QED) is 0.767. The summed E-state index contributed by atoms with van der Waals surface area (Å²) in [6.45, 7) is 0.607. The van der Waals surface area contributed by atoms with E-state index in [0.29, 0.717) is 25.9 Å². The van der Waals surface area contributed by atoms with Gasteiger partial charge in [-0.1, -0.05) is 0 Å². The van der Waals surface area contributed by atoms with Crippen LogP contribution in [0.25, 0.3) is 0 Å². The van der Waals surface area contributed by atoms with E-state index in [2.05, 4.69) is 0 Å². The second-order valence-corrected chi connectivity index (χ2v) is 8.02. The van der Waals surface area contributed by atoms with Gasteiger partial charge < -0.3 is 9.84 Å². The maximum atomic E-state index is 14.0. The Morgan fingerprint density at radius 1 is 1.15 bits per heavy atom. The summed E-state index contributed by atoms with van der Waals surface area (Å²) in [7, 11) is -4.05. The molecular formula is C16H19FN2O6S. The van der Waals surface area contributed by atoms with Gasteiger partial charge in [0, 0.05) is 19.2 Å². The number of benzene rings is 1. The number of rotatable bonds is 6. The third-order valence-corrected chi connectivity index (χ3v) is 6.01. The van der Waals surface area contributed by atoms with E-state index in [1.807, 2.05) is 4.72 Å². The number of aromatic carboxylic acids is 1. The van der Waals surface area contributed by atoms with Crippen LogP contribution in [0.15, 0.2) is 12.1 Å². The van der Waals surface area contributed by atoms with E-state index in [9.17, 15) is 22.4 Å². The van der Waals surface area contributed by atoms with E-state index in [-0.39, 0.29) is 17.4 Å². The van der Waals surface area contributed by atoms with Crippen LogP contribution in [0, 0.1) is 5.82 Å². The first-order chi connectivity index (χ1) is 12.3. The van der Waals surface area contributed by atoms with E-state index in [4.69, 9.17) is 9.84 Å². The minimum Gasteiger partial charge on any atom is -0.489 e. The van der Waals surface area contributed by atoms with Crippen molar-refractivity contribution in [3.63, 3.8) is 0 Å². The summed E-state index contributed by atoms with van der Waals surface area (Å²) >= 11 is 0. The number of carboxylic acid groups (broad SMARTS) is 1. The highest BCUT2D eigenvalue weighted by Gasteiger charge is 2.30. The van der Waals surface area contributed by atoms with Crippen molar-refractivity contribution < 1.29 is 32.2 Å². The molecule has 2 N–H and O–H groups in total. The lowest BCUT2D eigenvalue weighted by atomic mass is 9.96. The molecule has 0 radical (unpaired) electrons. The first kappa shape index (κ1) is 18.6. The molecule has 1 saturated carbocycles. The van der Waals surface area contributed by atoms with Gasteiger partial charge in [-0.25, -0.2) is 13.9 Å². The molecule has 26 heavy (non-hydrogen) atoms. The van der Waals surface area contributed by atoms with Crippen molar-refractivity contribution >= 4 is 22.1 Å². The molecule has 0 bridgehead atoms. The third-order valence-electron chi connectivity index (χ3n) is 4.52. The van der Waals surface area contributed by atoms with Crippen molar-refractivity contribution in [2.24, 2.45) is 0 Å². The number of ether oxygens (including phenoxy) is 1. The molecule has 0 unspecified atom stereocenters. The largest absolute Gasteiger partial charge is 0.489 e. The Labute approximate surface area is 150 Å². The van der Waals surface area contributed by atoms with Gasteiger partial charge in [0.15, 0.2) is 0 Å². The van der Waals surface area contributed by atoms with E-state index >= 15 is 0 Å². The Hall–Kier alpha value is -2.20. The first-order valence-corrected chi connectivity index (χ1v) is 9.77. The first-order valence-electron chi connectivity index (χ1n) is 8.33. The smallest absolute Gasteiger partial charge is 0.338 e. The van der Waals surface area contributed by atoms with Crippen LogP contribution in [0.5, 0.6) is 5.75 Å². The summed E-state index contributed by atoms with van der Waals surface area (Å²) in [5.41, 5.74) is -1.05. The topological polar surface area (TPSA) is 113 Å². The molecule has 0 spiro atoms. The SMILES string of the molecule is O=C(O)c1cc(C(=O)NS(=O)(=O)N2CCCC2)c(OC2CCC2)cc1F. The number of hydrogen-bond donors (Lipinski definition) is 2. The lowest BCUT2D eigenvalue weighted by Crippen LogP contribution is -2.42. The van der Waals surface area contributed by atoms with E-state index in [0.717, 1.165) is 35.7 Å². The van der Waals surface area contributed by atoms with Crippen LogP contribution in [0.1, 0.15) is 52.8 Å². The number of halogens is 1. The minimum absolute atomic E-state index is 0.161. The summed E-state index contributed by atoms with van der Waals surface area (Å²) in [5.74, 6) is -3.82. The summed E-state index contributed by atoms with van der Waals surface area (Å²) in [6.07, 6.45) is 3.60. The fourth-order valence-electron chi connectivity index (χ4n) is 2.83. The molecule has 1 aliphatic carbocycles. The summed E-state index contributed by atoms with van der Waals surface area (Å²) < 4.78 is 47.1. The Morgan fingerprint density at radius 2 is 1.81 bits per heavy atom. The fourth-order valence-corrected chi connectivity index (χ4v) is 4.04. The van der Waals surface area contributed by atoms with Crippen LogP contribution in [-0.4, -0.2) is 48.9 Å². The predicted molar refractivity (Wildman–Crippen MR) is 88.8 cm³/mol. The minimum atomic E-state index is -4.05. The molecule has 3 rings (SSSR count). The van der Waals surface area contributed by atoms with Crippen LogP contribution in [0.4, 0.5) is 4.39 Å². The molecule has 1 aromatic rings. The van der Waals surface area contributed by atoms with Gasteiger partial charge in [0.25, 0.3) is 5.91 Å². The molecule has 142 valence electrons. The lowest BCUT2D eigenvalue weighted by Gasteiger charge is -2.27. The summed E-state index contributed by atoms with van der Waals surface area (Å²) in [4.78, 5) is 23.7. The highest BCUT2D eigenvalue weighted by atomic mass is 32.2. The van der Waals surface area contributed by atoms with Crippen molar-refractivity contribution in [1.82, 2.24) is 9.03 Å². The molecule has 0 aromatic heterocycles. The molecule has 10 heteroatoms. The highest BCUT2D eigenvalue weighted by molar-refractivity contribution is 7.87. The number of carbonyl (C=O) groups is 2. The molecule has 2 fully saturated rings. The number of carboxylic acids is 1. The van der Waals surface area contributed by atoms with Gasteiger partial charge in [-0.05, 0) is 38.2 Å². The van der Waals surface area contributed by atoms with Gasteiger partial charge in [0.05, 0.1) is 17.2 Å². The van der Waals surface area contributed by atoms with Gasteiger partial charge in [-0.2, -0.15) is 12.7 Å². The molecule has 2 aliphatic rings. The number of carbonyl (C=O) groups excluding carboxylic acids is 1. The standard InChI is InChI=1S/C16H19FN2O6S/c17-13-9-14(25-10-4-3-5-10)12(8-11(13)16(21)22)15(20)18-26(23,24)19-6-1-2-7-19/h8-10H,1-7H2,(H,18,20)(H,21,22). The van der Waals surface area contributed by atoms with Crippen LogP contribution < -0.4 is 9.46 Å². The van der Waals surface area contributed by atoms with E-state index in [1.165, 1.54) is 0 Å². The van der Waals surface area contributed by atoms with Crippen LogP contribution >= 0.6 is 0 Å². The van der Waals surface area contributed by atoms with Gasteiger partial charge in [-0.3, -0.25) is 4.79 Å². The van der Waals surface area contributed by atoms with Crippen molar-refractivity contribution in [3.05, 3.63) is 29.1 Å². The van der Waals surface area contributed by atoms with Crippen molar-refractivity contribution in [2.45, 2.75) is 38.2 Å². The monoisotopic (exact) mass is 386 g/mol. The average molecular weight is 386 g/mol. The van der Waals surface area contributed by atoms with Crippen LogP contribution in [-0.2, 0) is 10.2 Å². The normalized spacial score (nSPS) is 18.3. The third kappa shape index (κ3) is 3.80. The molecule has 1 aromatic carbocycles. The lowest BCUT2D eigenvalue weighted by molar-refractivity contribution is 0.0691. The number of nitrogens with one attached hydrogen (secondary N) is 1. The molecular weight excluding hydrogens is 367 g/mol. The zero-order valence-corrected chi connectivity index (χ0v) is 14.7. The summed E-state index contributed by atoms with van der Waals surface area (Å²) in [5, 5.41) is 9.07. The average Bonchev–Trinajstić information content (AvgIpc) is 3.05. The summed E-state index contributed by atoms with van der Waals surface area (Å²) in [6, 6.07) is 1.62. The highest BCUT2D eigenvalue weighted by Crippen LogP contribution is 2.30. The van der Waals surface area contributed by atoms with Gasteiger partial charge in [0.2, 0.25) is 0 Å². The maximum Gasteiger partial charge on any atom is 0.338 e. The Balaban J connectivity index is 1.90. The zero-order valence-electron chi connectivity index (χ0n) is 13.9. The Morgan fingerprint density at radius 3 is 2.35 bits per heavy atom. The Bertz CT molecular complexity index is 831. The number of hydrogen-bond acceptors (Lipinski definition) is 5. The van der Waals surface area contributed by atoms with Crippen molar-refractivity contribution in [1.29, 1.82) is 0 Å². The molecule has 1 heterocycles. The van der Waals surface area contributed by atoms with Gasteiger partial charge >= 0.3 is 16.2 Å². The van der Waals surface area contributed by atoms with Crippen molar-refractivity contribution in [2.75, 3.05) is 13.1 Å². The Kier molecular flexibility index (Phi) is 5.15. The maximum absolute atomic E-state index is 14.0. The second kappa shape index (κ2) is 7.20. The van der Waals surface area contributed by atoms with Gasteiger partial charge in [-0.15, -0.1) is 0 Å². The van der Waals surface area contributed by atoms with Crippen LogP contribution in [0.2, 0.25) is 0 Å². The molecule has 1 saturated heterocycles. The predicted octanol–water partition coefficient (Wildman–Crippen LogP) is 1.53. The zero-order chi connectivity index (χ0) is 18.9. The second-order valence-electron chi connectivity index (χ2n) is 6.35. The molecule has 1 amide bonds. The molecule has 1 aliphatic heterocycles. The number of nitrogens with zero attached hydrogens (tertiary/aromatic N) is 1. The van der Waals surface area contributed by atoms with Gasteiger partial charge in [0.1, 0.15) is 11.6 Å².